The zero-order chi connectivity index (χ0) is 27.7. The number of benzene rings is 2. The standard InChI is InChI=1S/C25H21F7N4O2/c1-35(14-15-10-16(24(27,28)29)12-17(11-15)25(30,31)32)22(37)19-13-33-23(36-6-8-38-9-7-36)34-21(19)18-4-2-3-5-20(18)26/h2-5,10-13H,6-9,14H2,1H3. The Morgan fingerprint density at radius 2 is 1.61 bits per heavy atom. The summed E-state index contributed by atoms with van der Waals surface area (Å²) in [6.07, 6.45) is -8.88. The highest BCUT2D eigenvalue weighted by Crippen LogP contribution is 2.37. The summed E-state index contributed by atoms with van der Waals surface area (Å²) < 4.78 is 99.6. The van der Waals surface area contributed by atoms with Crippen molar-refractivity contribution < 1.29 is 40.3 Å². The molecule has 1 aliphatic heterocycles. The fraction of sp³-hybridized carbons (Fsp3) is 0.320. The molecule has 0 spiro atoms. The molecule has 1 amide bonds. The Bertz CT molecular complexity index is 1290. The number of alkyl halides is 6. The largest absolute Gasteiger partial charge is 0.416 e. The van der Waals surface area contributed by atoms with Gasteiger partial charge in [0.2, 0.25) is 5.95 Å². The van der Waals surface area contributed by atoms with Crippen LogP contribution in [0.15, 0.2) is 48.7 Å². The molecule has 38 heavy (non-hydrogen) atoms. The van der Waals surface area contributed by atoms with Gasteiger partial charge >= 0.3 is 12.4 Å². The van der Waals surface area contributed by atoms with E-state index >= 15 is 0 Å². The second-order valence-electron chi connectivity index (χ2n) is 8.59. The molecule has 1 fully saturated rings. The second kappa shape index (κ2) is 10.6. The van der Waals surface area contributed by atoms with Crippen molar-refractivity contribution in [2.45, 2.75) is 18.9 Å². The quantitative estimate of drug-likeness (QED) is 0.403. The summed E-state index contributed by atoms with van der Waals surface area (Å²) >= 11 is 0. The highest BCUT2D eigenvalue weighted by molar-refractivity contribution is 5.99. The van der Waals surface area contributed by atoms with Crippen molar-refractivity contribution >= 4 is 11.9 Å². The van der Waals surface area contributed by atoms with Crippen LogP contribution in [0.4, 0.5) is 36.7 Å². The number of ether oxygens (including phenoxy) is 1. The number of anilines is 1. The van der Waals surface area contributed by atoms with Crippen molar-refractivity contribution in [2.24, 2.45) is 0 Å². The molecule has 3 aromatic rings. The van der Waals surface area contributed by atoms with E-state index < -0.39 is 41.7 Å². The maximum absolute atomic E-state index is 14.7. The molecular weight excluding hydrogens is 521 g/mol. The third-order valence-electron chi connectivity index (χ3n) is 5.84. The van der Waals surface area contributed by atoms with E-state index in [2.05, 4.69) is 9.97 Å². The van der Waals surface area contributed by atoms with Gasteiger partial charge < -0.3 is 14.5 Å². The molecule has 0 atom stereocenters. The molecule has 2 aromatic carbocycles. The lowest BCUT2D eigenvalue weighted by molar-refractivity contribution is -0.143. The Labute approximate surface area is 212 Å². The Morgan fingerprint density at radius 3 is 2.18 bits per heavy atom. The first-order chi connectivity index (χ1) is 17.8. The second-order valence-corrected chi connectivity index (χ2v) is 8.59. The maximum Gasteiger partial charge on any atom is 0.416 e. The predicted molar refractivity (Wildman–Crippen MR) is 123 cm³/mol. The lowest BCUT2D eigenvalue weighted by atomic mass is 10.0. The first kappa shape index (κ1) is 27.3. The summed E-state index contributed by atoms with van der Waals surface area (Å²) in [4.78, 5) is 24.7. The van der Waals surface area contributed by atoms with E-state index in [0.29, 0.717) is 38.4 Å². The van der Waals surface area contributed by atoms with Crippen molar-refractivity contribution in [3.8, 4) is 11.3 Å². The fourth-order valence-electron chi connectivity index (χ4n) is 3.97. The minimum Gasteiger partial charge on any atom is -0.378 e. The smallest absolute Gasteiger partial charge is 0.378 e. The Balaban J connectivity index is 1.71. The van der Waals surface area contributed by atoms with Gasteiger partial charge in [-0.25, -0.2) is 14.4 Å². The molecule has 0 N–H and O–H groups in total. The monoisotopic (exact) mass is 542 g/mol. The van der Waals surface area contributed by atoms with E-state index in [9.17, 15) is 35.5 Å². The summed E-state index contributed by atoms with van der Waals surface area (Å²) in [5.41, 5.74) is -3.61. The predicted octanol–water partition coefficient (Wildman–Crippen LogP) is 5.43. The minimum absolute atomic E-state index is 0.0137. The van der Waals surface area contributed by atoms with Crippen LogP contribution in [0.25, 0.3) is 11.3 Å². The minimum atomic E-state index is -5.03. The van der Waals surface area contributed by atoms with Gasteiger partial charge in [0.15, 0.2) is 0 Å². The number of hydrogen-bond acceptors (Lipinski definition) is 5. The number of morpholine rings is 1. The molecule has 0 bridgehead atoms. The van der Waals surface area contributed by atoms with Crippen LogP contribution < -0.4 is 4.90 Å². The molecule has 4 rings (SSSR count). The molecule has 1 saturated heterocycles. The van der Waals surface area contributed by atoms with Crippen LogP contribution in [-0.2, 0) is 23.6 Å². The number of hydrogen-bond donors (Lipinski definition) is 0. The molecule has 1 aliphatic rings. The van der Waals surface area contributed by atoms with Crippen LogP contribution in [-0.4, -0.2) is 54.1 Å². The van der Waals surface area contributed by atoms with Crippen molar-refractivity contribution in [1.82, 2.24) is 14.9 Å². The molecule has 6 nitrogen and oxygen atoms in total. The van der Waals surface area contributed by atoms with Crippen molar-refractivity contribution in [3.63, 3.8) is 0 Å². The Kier molecular flexibility index (Phi) is 7.58. The summed E-state index contributed by atoms with van der Waals surface area (Å²) in [5.74, 6) is -1.27. The summed E-state index contributed by atoms with van der Waals surface area (Å²) in [6.45, 7) is 1.16. The molecule has 1 aromatic heterocycles. The van der Waals surface area contributed by atoms with Gasteiger partial charge in [0.25, 0.3) is 5.91 Å². The van der Waals surface area contributed by atoms with Gasteiger partial charge in [-0.05, 0) is 35.9 Å². The average Bonchev–Trinajstić information content (AvgIpc) is 2.87. The van der Waals surface area contributed by atoms with Gasteiger partial charge in [-0.3, -0.25) is 4.79 Å². The number of amides is 1. The lowest BCUT2D eigenvalue weighted by Crippen LogP contribution is -2.37. The molecule has 13 heteroatoms. The van der Waals surface area contributed by atoms with Gasteiger partial charge in [0.05, 0.1) is 35.6 Å². The molecule has 0 aliphatic carbocycles. The van der Waals surface area contributed by atoms with E-state index in [-0.39, 0.29) is 34.4 Å². The van der Waals surface area contributed by atoms with Crippen LogP contribution in [0.1, 0.15) is 27.0 Å². The topological polar surface area (TPSA) is 58.6 Å². The third-order valence-corrected chi connectivity index (χ3v) is 5.84. The number of halogens is 7. The number of rotatable bonds is 5. The maximum atomic E-state index is 14.7. The van der Waals surface area contributed by atoms with Gasteiger partial charge in [-0.15, -0.1) is 0 Å². The number of aromatic nitrogens is 2. The van der Waals surface area contributed by atoms with Crippen LogP contribution >= 0.6 is 0 Å². The average molecular weight is 542 g/mol. The van der Waals surface area contributed by atoms with E-state index in [1.807, 2.05) is 0 Å². The molecule has 2 heterocycles. The van der Waals surface area contributed by atoms with Crippen LogP contribution in [0.3, 0.4) is 0 Å². The van der Waals surface area contributed by atoms with Gasteiger partial charge in [0.1, 0.15) is 5.82 Å². The SMILES string of the molecule is CN(Cc1cc(C(F)(F)F)cc(C(F)(F)F)c1)C(=O)c1cnc(N2CCOCC2)nc1-c1ccccc1F. The molecular formula is C25H21F7N4O2. The van der Waals surface area contributed by atoms with Gasteiger partial charge in [-0.1, -0.05) is 12.1 Å². The molecule has 0 unspecified atom stereocenters. The Morgan fingerprint density at radius 1 is 1.00 bits per heavy atom. The summed E-state index contributed by atoms with van der Waals surface area (Å²) in [5, 5.41) is 0. The van der Waals surface area contributed by atoms with Crippen LogP contribution in [0, 0.1) is 5.82 Å². The van der Waals surface area contributed by atoms with Gasteiger partial charge in [-0.2, -0.15) is 26.3 Å². The first-order valence-corrected chi connectivity index (χ1v) is 11.3. The van der Waals surface area contributed by atoms with E-state index in [0.717, 1.165) is 4.90 Å². The molecule has 0 radical (unpaired) electrons. The van der Waals surface area contributed by atoms with E-state index in [1.54, 1.807) is 4.90 Å². The zero-order valence-electron chi connectivity index (χ0n) is 19.9. The number of carbonyl (C=O) groups excluding carboxylic acids is 1. The highest BCUT2D eigenvalue weighted by atomic mass is 19.4. The summed E-state index contributed by atoms with van der Waals surface area (Å²) in [7, 11) is 1.21. The zero-order valence-corrected chi connectivity index (χ0v) is 19.9. The van der Waals surface area contributed by atoms with Crippen molar-refractivity contribution in [1.29, 1.82) is 0 Å². The summed E-state index contributed by atoms with van der Waals surface area (Å²) in [6, 6.07) is 6.67. The van der Waals surface area contributed by atoms with Gasteiger partial charge in [0, 0.05) is 38.4 Å². The third kappa shape index (κ3) is 6.04. The van der Waals surface area contributed by atoms with Crippen molar-refractivity contribution in [3.05, 3.63) is 76.7 Å². The number of carbonyl (C=O) groups is 1. The fourth-order valence-corrected chi connectivity index (χ4v) is 3.97. The Hall–Kier alpha value is -3.74. The van der Waals surface area contributed by atoms with Crippen LogP contribution in [0.2, 0.25) is 0 Å². The molecule has 0 saturated carbocycles. The van der Waals surface area contributed by atoms with Crippen molar-refractivity contribution in [2.75, 3.05) is 38.3 Å². The molecule has 202 valence electrons. The first-order valence-electron chi connectivity index (χ1n) is 11.3. The highest BCUT2D eigenvalue weighted by Gasteiger charge is 2.37. The van der Waals surface area contributed by atoms with E-state index in [1.165, 1.54) is 37.5 Å². The van der Waals surface area contributed by atoms with Crippen LogP contribution in [0.5, 0.6) is 0 Å². The lowest BCUT2D eigenvalue weighted by Gasteiger charge is -2.27. The van der Waals surface area contributed by atoms with E-state index in [4.69, 9.17) is 4.74 Å². The normalized spacial score (nSPS) is 14.5. The number of nitrogens with zero attached hydrogens (tertiary/aromatic N) is 4.